The van der Waals surface area contributed by atoms with Gasteiger partial charge in [-0.25, -0.2) is 18.2 Å². The first-order valence-corrected chi connectivity index (χ1v) is 16.3. The number of rotatable bonds is 5. The number of piperidine rings is 1. The molecule has 8 nitrogen and oxygen atoms in total. The molecule has 2 aromatic heterocycles. The van der Waals surface area contributed by atoms with Crippen molar-refractivity contribution in [1.29, 1.82) is 0 Å². The number of anilines is 2. The number of nitrogens with two attached hydrogens (primary N) is 1. The summed E-state index contributed by atoms with van der Waals surface area (Å²) in [5.41, 5.74) is 2.48. The van der Waals surface area contributed by atoms with Crippen LogP contribution in [0.15, 0.2) is 12.6 Å². The Hall–Kier alpha value is -3.36. The maximum absolute atomic E-state index is 17.0. The Balaban J connectivity index is 1.46. The Morgan fingerprint density at radius 2 is 1.94 bits per heavy atom. The number of hydrogen-bond donors (Lipinski definition) is 2. The second-order valence-corrected chi connectivity index (χ2v) is 14.4. The number of ether oxygens (including phenoxy) is 1. The lowest BCUT2D eigenvalue weighted by Gasteiger charge is -2.44. The molecule has 3 saturated heterocycles. The number of aryl methyl sites for hydroxylation is 1. The van der Waals surface area contributed by atoms with E-state index in [1.807, 2.05) is 11.9 Å². The number of halogens is 7. The van der Waals surface area contributed by atoms with Crippen molar-refractivity contribution in [1.82, 2.24) is 25.2 Å². The minimum absolute atomic E-state index is 0.0471. The van der Waals surface area contributed by atoms with E-state index in [2.05, 4.69) is 26.8 Å². The number of likely N-dealkylation sites (tertiary alicyclic amines) is 1. The highest BCUT2D eigenvalue weighted by Gasteiger charge is 2.47. The van der Waals surface area contributed by atoms with Crippen LogP contribution in [0.1, 0.15) is 49.3 Å². The molecule has 0 amide bonds. The molecule has 7 rings (SSSR count). The van der Waals surface area contributed by atoms with Crippen molar-refractivity contribution in [2.24, 2.45) is 11.3 Å². The van der Waals surface area contributed by atoms with Gasteiger partial charge in [0.15, 0.2) is 5.82 Å². The third kappa shape index (κ3) is 5.34. The summed E-state index contributed by atoms with van der Waals surface area (Å²) in [4.78, 5) is 17.1. The molecule has 6 heterocycles. The summed E-state index contributed by atoms with van der Waals surface area (Å²) < 4.78 is 95.0. The summed E-state index contributed by atoms with van der Waals surface area (Å²) in [5.74, 6) is -2.06. The second-order valence-electron chi connectivity index (χ2n) is 14.0. The molecule has 3 N–H and O–H groups in total. The minimum Gasteiger partial charge on any atom is -0.463 e. The molecule has 2 bridgehead atoms. The Morgan fingerprint density at radius 1 is 1.19 bits per heavy atom. The maximum atomic E-state index is 17.0. The minimum atomic E-state index is -4.92. The molecule has 0 saturated carbocycles. The number of nitrogens with zero attached hydrogens (tertiary/aromatic N) is 5. The lowest BCUT2D eigenvalue weighted by atomic mass is 9.73. The molecule has 0 aliphatic carbocycles. The van der Waals surface area contributed by atoms with Crippen LogP contribution in [0.5, 0.6) is 6.01 Å². The van der Waals surface area contributed by atoms with Crippen molar-refractivity contribution >= 4 is 39.7 Å². The molecule has 3 aromatic rings. The predicted molar refractivity (Wildman–Crippen MR) is 172 cm³/mol. The molecule has 4 aliphatic rings. The molecule has 15 heteroatoms. The molecule has 2 unspecified atom stereocenters. The molecule has 258 valence electrons. The van der Waals surface area contributed by atoms with Crippen LogP contribution in [-0.4, -0.2) is 77.7 Å². The van der Waals surface area contributed by atoms with Crippen molar-refractivity contribution in [3.8, 4) is 17.3 Å². The van der Waals surface area contributed by atoms with Crippen LogP contribution >= 0.6 is 11.6 Å². The van der Waals surface area contributed by atoms with E-state index in [1.165, 1.54) is 6.92 Å². The molecule has 0 spiro atoms. The van der Waals surface area contributed by atoms with Gasteiger partial charge in [0.05, 0.1) is 33.8 Å². The molecule has 4 aliphatic heterocycles. The fraction of sp³-hybridized carbons (Fsp3) is 0.545. The Bertz CT molecular complexity index is 1820. The van der Waals surface area contributed by atoms with E-state index in [9.17, 15) is 22.0 Å². The number of aromatic nitrogens is 3. The van der Waals surface area contributed by atoms with Gasteiger partial charge in [0.2, 0.25) is 6.43 Å². The summed E-state index contributed by atoms with van der Waals surface area (Å²) in [6, 6.07) is 0.791. The Morgan fingerprint density at radius 3 is 2.65 bits per heavy atom. The molecule has 1 aromatic carbocycles. The van der Waals surface area contributed by atoms with Crippen LogP contribution in [0.25, 0.3) is 27.7 Å². The quantitative estimate of drug-likeness (QED) is 0.285. The van der Waals surface area contributed by atoms with Gasteiger partial charge in [0.1, 0.15) is 17.2 Å². The van der Waals surface area contributed by atoms with Crippen LogP contribution < -0.4 is 20.7 Å². The number of benzene rings is 1. The molecule has 5 atom stereocenters. The van der Waals surface area contributed by atoms with Gasteiger partial charge in [0.25, 0.3) is 0 Å². The van der Waals surface area contributed by atoms with Crippen molar-refractivity contribution in [2.45, 2.75) is 70.3 Å². The van der Waals surface area contributed by atoms with Gasteiger partial charge < -0.3 is 25.6 Å². The van der Waals surface area contributed by atoms with E-state index in [-0.39, 0.29) is 70.0 Å². The van der Waals surface area contributed by atoms with Crippen LogP contribution in [0.2, 0.25) is 5.02 Å². The zero-order valence-corrected chi connectivity index (χ0v) is 27.5. The molecule has 0 radical (unpaired) electrons. The largest absolute Gasteiger partial charge is 0.463 e. The fourth-order valence-corrected chi connectivity index (χ4v) is 8.79. The average Bonchev–Trinajstić information content (AvgIpc) is 3.32. The van der Waals surface area contributed by atoms with E-state index in [0.717, 1.165) is 18.9 Å². The van der Waals surface area contributed by atoms with Crippen molar-refractivity contribution in [3.63, 3.8) is 0 Å². The summed E-state index contributed by atoms with van der Waals surface area (Å²) in [5, 5.41) is 3.51. The lowest BCUT2D eigenvalue weighted by molar-refractivity contribution is -0.137. The molecule has 48 heavy (non-hydrogen) atoms. The van der Waals surface area contributed by atoms with Gasteiger partial charge in [-0.05, 0) is 63.4 Å². The van der Waals surface area contributed by atoms with Gasteiger partial charge in [-0.2, -0.15) is 23.1 Å². The van der Waals surface area contributed by atoms with Crippen molar-refractivity contribution in [2.75, 3.05) is 43.9 Å². The third-order valence-electron chi connectivity index (χ3n) is 10.6. The monoisotopic (exact) mass is 695 g/mol. The first-order valence-electron chi connectivity index (χ1n) is 15.9. The topological polar surface area (TPSA) is 92.4 Å². The van der Waals surface area contributed by atoms with Crippen molar-refractivity contribution < 1.29 is 31.1 Å². The maximum Gasteiger partial charge on any atom is 0.418 e. The summed E-state index contributed by atoms with van der Waals surface area (Å²) >= 11 is 6.94. The van der Waals surface area contributed by atoms with Gasteiger partial charge in [0, 0.05) is 48.1 Å². The molecular formula is C33H36ClF6N7O. The van der Waals surface area contributed by atoms with Gasteiger partial charge in [-0.1, -0.05) is 25.1 Å². The average molecular weight is 696 g/mol. The van der Waals surface area contributed by atoms with E-state index >= 15 is 4.39 Å². The number of piperazine rings is 1. The number of pyridine rings is 1. The van der Waals surface area contributed by atoms with E-state index in [4.69, 9.17) is 27.1 Å². The Kier molecular flexibility index (Phi) is 8.02. The Labute approximate surface area is 278 Å². The third-order valence-corrected chi connectivity index (χ3v) is 10.9. The summed E-state index contributed by atoms with van der Waals surface area (Å²) in [6.07, 6.45) is -5.07. The second kappa shape index (κ2) is 11.6. The van der Waals surface area contributed by atoms with E-state index < -0.39 is 46.6 Å². The van der Waals surface area contributed by atoms with Gasteiger partial charge in [-0.15, -0.1) is 0 Å². The summed E-state index contributed by atoms with van der Waals surface area (Å²) in [7, 11) is 1.84. The molecular weight excluding hydrogens is 660 g/mol. The number of fused-ring (bicyclic) bond motifs is 5. The fourth-order valence-electron chi connectivity index (χ4n) is 8.39. The lowest BCUT2D eigenvalue weighted by Crippen LogP contribution is -2.58. The number of nitrogens with one attached hydrogen (secondary N) is 1. The number of alkyl halides is 5. The first-order chi connectivity index (χ1) is 22.6. The van der Waals surface area contributed by atoms with Crippen LogP contribution in [-0.2, 0) is 6.18 Å². The SMILES string of the molecule is C=C1C[C@H]2[C@@H]3CC[C@H](CN2c2nc(OCC4(C)CN(C)CCC4C(F)F)nc4c(F)c(-c5nc(N)cc(C)c5C(F)(F)F)c(Cl)c1c24)N3. The van der Waals surface area contributed by atoms with Crippen LogP contribution in [0.3, 0.4) is 0 Å². The van der Waals surface area contributed by atoms with Crippen LogP contribution in [0, 0.1) is 24.1 Å². The number of hydrogen-bond acceptors (Lipinski definition) is 8. The smallest absolute Gasteiger partial charge is 0.418 e. The highest BCUT2D eigenvalue weighted by Crippen LogP contribution is 2.51. The van der Waals surface area contributed by atoms with Crippen LogP contribution in [0.4, 0.5) is 38.0 Å². The van der Waals surface area contributed by atoms with Gasteiger partial charge >= 0.3 is 12.2 Å². The summed E-state index contributed by atoms with van der Waals surface area (Å²) in [6.45, 7) is 8.36. The van der Waals surface area contributed by atoms with Crippen molar-refractivity contribution in [3.05, 3.63) is 40.2 Å². The normalized spacial score (nSPS) is 27.5. The van der Waals surface area contributed by atoms with Gasteiger partial charge in [-0.3, -0.25) is 0 Å². The highest BCUT2D eigenvalue weighted by atomic mass is 35.5. The van der Waals surface area contributed by atoms with E-state index in [0.29, 0.717) is 37.4 Å². The zero-order valence-electron chi connectivity index (χ0n) is 26.7. The van der Waals surface area contributed by atoms with E-state index in [1.54, 1.807) is 6.92 Å². The predicted octanol–water partition coefficient (Wildman–Crippen LogP) is 6.72. The standard InChI is InChI=1S/C33H36ClF6N7O/c1-14-9-19-18-6-5-16(42-18)11-47(19)30-22-21(14)25(34)23(27-24(33(38,39)40)15(2)10-20(41)43-27)26(35)28(22)44-31(45-30)48-13-32(3)12-46(4)8-7-17(32)29(36)37/h10,16-19,29,42H,1,5-9,11-13H2,2-4H3,(H2,41,43)/t16-,17?,18+,19+,32?/m1/s1. The zero-order chi connectivity index (χ0) is 34.4. The highest BCUT2D eigenvalue weighted by molar-refractivity contribution is 6.37. The molecule has 3 fully saturated rings. The first kappa shape index (κ1) is 33.2. The number of nitrogen functional groups attached to an aromatic ring is 1.